The molecule has 1 fully saturated rings. The Morgan fingerprint density at radius 1 is 1.23 bits per heavy atom. The van der Waals surface area contributed by atoms with E-state index in [1.54, 1.807) is 6.07 Å². The minimum absolute atomic E-state index is 0.130. The number of carbonyl (C=O) groups excluding carboxylic acids is 2. The van der Waals surface area contributed by atoms with Crippen molar-refractivity contribution in [2.75, 3.05) is 29.9 Å². The number of anilines is 2. The molecule has 1 aromatic carbocycles. The van der Waals surface area contributed by atoms with Gasteiger partial charge in [0.25, 0.3) is 0 Å². The lowest BCUT2D eigenvalue weighted by molar-refractivity contribution is -0.119. The Hall–Kier alpha value is -1.75. The second kappa shape index (κ2) is 8.03. The van der Waals surface area contributed by atoms with Crippen LogP contribution in [0, 0.1) is 0 Å². The molecule has 120 valence electrons. The van der Waals surface area contributed by atoms with E-state index in [2.05, 4.69) is 15.5 Å². The van der Waals surface area contributed by atoms with Crippen LogP contribution in [0.25, 0.3) is 0 Å². The molecule has 2 rings (SSSR count). The number of nitrogens with one attached hydrogen (secondary N) is 2. The highest BCUT2D eigenvalue weighted by Gasteiger charge is 2.16. The molecule has 0 aliphatic carbocycles. The molecule has 2 amide bonds. The van der Waals surface area contributed by atoms with Crippen LogP contribution in [0.5, 0.6) is 0 Å². The summed E-state index contributed by atoms with van der Waals surface area (Å²) in [4.78, 5) is 25.1. The summed E-state index contributed by atoms with van der Waals surface area (Å²) in [5.74, 6) is -0.265. The lowest BCUT2D eigenvalue weighted by atomic mass is 10.1. The summed E-state index contributed by atoms with van der Waals surface area (Å²) in [7, 11) is 0. The summed E-state index contributed by atoms with van der Waals surface area (Å²) in [6.45, 7) is 3.76. The van der Waals surface area contributed by atoms with Crippen molar-refractivity contribution < 1.29 is 9.59 Å². The van der Waals surface area contributed by atoms with Gasteiger partial charge < -0.3 is 15.5 Å². The Balaban J connectivity index is 2.03. The van der Waals surface area contributed by atoms with Gasteiger partial charge in [0.05, 0.1) is 11.4 Å². The normalized spacial score (nSPS) is 14.5. The number of piperidine rings is 1. The predicted molar refractivity (Wildman–Crippen MR) is 89.4 cm³/mol. The number of carbonyl (C=O) groups is 2. The Kier molecular flexibility index (Phi) is 6.07. The summed E-state index contributed by atoms with van der Waals surface area (Å²) in [6, 6.07) is 5.58. The van der Waals surface area contributed by atoms with E-state index in [0.29, 0.717) is 11.6 Å². The lowest BCUT2D eigenvalue weighted by Crippen LogP contribution is -2.31. The van der Waals surface area contributed by atoms with Gasteiger partial charge in [0, 0.05) is 38.0 Å². The van der Waals surface area contributed by atoms with Gasteiger partial charge in [-0.25, -0.2) is 0 Å². The van der Waals surface area contributed by atoms with Gasteiger partial charge in [-0.3, -0.25) is 9.59 Å². The van der Waals surface area contributed by atoms with Crippen LogP contribution in [0.15, 0.2) is 18.2 Å². The van der Waals surface area contributed by atoms with Crippen molar-refractivity contribution in [2.24, 2.45) is 0 Å². The molecule has 1 saturated heterocycles. The van der Waals surface area contributed by atoms with Gasteiger partial charge in [-0.05, 0) is 37.5 Å². The largest absolute Gasteiger partial charge is 0.370 e. The van der Waals surface area contributed by atoms with E-state index in [4.69, 9.17) is 11.6 Å². The standard InChI is InChI=1S/C16H22ClN3O2/c1-12(21)18-8-7-16(22)19-14-11-13(17)5-6-15(14)20-9-3-2-4-10-20/h5-6,11H,2-4,7-10H2,1H3,(H,18,21)(H,19,22). The van der Waals surface area contributed by atoms with Crippen LogP contribution in [0.3, 0.4) is 0 Å². The van der Waals surface area contributed by atoms with Gasteiger partial charge >= 0.3 is 0 Å². The van der Waals surface area contributed by atoms with Crippen LogP contribution in [0.1, 0.15) is 32.6 Å². The van der Waals surface area contributed by atoms with Gasteiger partial charge in [-0.1, -0.05) is 11.6 Å². The van der Waals surface area contributed by atoms with E-state index in [9.17, 15) is 9.59 Å². The quantitative estimate of drug-likeness (QED) is 0.876. The van der Waals surface area contributed by atoms with Crippen molar-refractivity contribution >= 4 is 34.8 Å². The fourth-order valence-electron chi connectivity index (χ4n) is 2.58. The SMILES string of the molecule is CC(=O)NCCC(=O)Nc1cc(Cl)ccc1N1CCCCC1. The Bertz CT molecular complexity index is 542. The van der Waals surface area contributed by atoms with E-state index in [-0.39, 0.29) is 18.2 Å². The van der Waals surface area contributed by atoms with Gasteiger partial charge in [-0.15, -0.1) is 0 Å². The summed E-state index contributed by atoms with van der Waals surface area (Å²) in [5.41, 5.74) is 1.75. The molecule has 1 aromatic rings. The fraction of sp³-hybridized carbons (Fsp3) is 0.500. The zero-order chi connectivity index (χ0) is 15.9. The van der Waals surface area contributed by atoms with E-state index < -0.39 is 0 Å². The lowest BCUT2D eigenvalue weighted by Gasteiger charge is -2.30. The molecule has 22 heavy (non-hydrogen) atoms. The smallest absolute Gasteiger partial charge is 0.226 e. The van der Waals surface area contributed by atoms with Gasteiger partial charge in [0.1, 0.15) is 0 Å². The second-order valence-electron chi connectivity index (χ2n) is 5.49. The van der Waals surface area contributed by atoms with E-state index in [0.717, 1.165) is 24.5 Å². The molecule has 2 N–H and O–H groups in total. The highest BCUT2D eigenvalue weighted by atomic mass is 35.5. The minimum atomic E-state index is -0.135. The molecule has 0 atom stereocenters. The van der Waals surface area contributed by atoms with E-state index in [1.165, 1.54) is 26.2 Å². The van der Waals surface area contributed by atoms with Crippen molar-refractivity contribution in [2.45, 2.75) is 32.6 Å². The van der Waals surface area contributed by atoms with Crippen molar-refractivity contribution in [1.82, 2.24) is 5.32 Å². The van der Waals surface area contributed by atoms with Crippen LogP contribution in [0.2, 0.25) is 5.02 Å². The highest BCUT2D eigenvalue weighted by molar-refractivity contribution is 6.31. The number of nitrogens with zero attached hydrogens (tertiary/aromatic N) is 1. The summed E-state index contributed by atoms with van der Waals surface area (Å²) < 4.78 is 0. The Morgan fingerprint density at radius 3 is 2.64 bits per heavy atom. The van der Waals surface area contributed by atoms with Crippen LogP contribution in [0.4, 0.5) is 11.4 Å². The molecule has 5 nitrogen and oxygen atoms in total. The van der Waals surface area contributed by atoms with Gasteiger partial charge in [0.15, 0.2) is 0 Å². The second-order valence-corrected chi connectivity index (χ2v) is 5.93. The first-order valence-corrected chi connectivity index (χ1v) is 8.03. The molecule has 1 aliphatic rings. The maximum absolute atomic E-state index is 12.0. The third-order valence-electron chi connectivity index (χ3n) is 3.66. The van der Waals surface area contributed by atoms with Crippen molar-refractivity contribution in [1.29, 1.82) is 0 Å². The molecule has 0 unspecified atom stereocenters. The molecule has 0 spiro atoms. The number of hydrogen-bond donors (Lipinski definition) is 2. The van der Waals surface area contributed by atoms with E-state index in [1.807, 2.05) is 12.1 Å². The molecule has 0 saturated carbocycles. The molecule has 0 bridgehead atoms. The van der Waals surface area contributed by atoms with Crippen LogP contribution in [-0.4, -0.2) is 31.4 Å². The van der Waals surface area contributed by atoms with Gasteiger partial charge in [0.2, 0.25) is 11.8 Å². The number of rotatable bonds is 5. The van der Waals surface area contributed by atoms with Crippen molar-refractivity contribution in [3.05, 3.63) is 23.2 Å². The molecule has 1 aliphatic heterocycles. The van der Waals surface area contributed by atoms with Gasteiger partial charge in [-0.2, -0.15) is 0 Å². The maximum atomic E-state index is 12.0. The topological polar surface area (TPSA) is 61.4 Å². The molecule has 1 heterocycles. The number of halogens is 1. The van der Waals surface area contributed by atoms with Crippen LogP contribution in [-0.2, 0) is 9.59 Å². The zero-order valence-corrected chi connectivity index (χ0v) is 13.6. The van der Waals surface area contributed by atoms with Crippen LogP contribution < -0.4 is 15.5 Å². The fourth-order valence-corrected chi connectivity index (χ4v) is 2.76. The third-order valence-corrected chi connectivity index (χ3v) is 3.89. The number of hydrogen-bond acceptors (Lipinski definition) is 3. The Morgan fingerprint density at radius 2 is 1.95 bits per heavy atom. The molecule has 0 aromatic heterocycles. The number of amides is 2. The first kappa shape index (κ1) is 16.6. The molecule has 0 radical (unpaired) electrons. The summed E-state index contributed by atoms with van der Waals surface area (Å²) in [5, 5.41) is 6.12. The molecular formula is C16H22ClN3O2. The average Bonchev–Trinajstić information content (AvgIpc) is 2.48. The Labute approximate surface area is 136 Å². The predicted octanol–water partition coefficient (Wildman–Crippen LogP) is 2.80. The molecular weight excluding hydrogens is 302 g/mol. The van der Waals surface area contributed by atoms with Crippen LogP contribution >= 0.6 is 11.6 Å². The summed E-state index contributed by atoms with van der Waals surface area (Å²) in [6.07, 6.45) is 3.82. The monoisotopic (exact) mass is 323 g/mol. The zero-order valence-electron chi connectivity index (χ0n) is 12.8. The van der Waals surface area contributed by atoms with Crippen molar-refractivity contribution in [3.63, 3.8) is 0 Å². The maximum Gasteiger partial charge on any atom is 0.226 e. The first-order valence-electron chi connectivity index (χ1n) is 7.65. The number of benzene rings is 1. The first-order chi connectivity index (χ1) is 10.6. The highest BCUT2D eigenvalue weighted by Crippen LogP contribution is 2.31. The van der Waals surface area contributed by atoms with E-state index >= 15 is 0 Å². The third kappa shape index (κ3) is 4.91. The average molecular weight is 324 g/mol. The minimum Gasteiger partial charge on any atom is -0.370 e. The van der Waals surface area contributed by atoms with Crippen molar-refractivity contribution in [3.8, 4) is 0 Å². The molecule has 6 heteroatoms. The summed E-state index contributed by atoms with van der Waals surface area (Å²) >= 11 is 6.06.